The quantitative estimate of drug-likeness (QED) is 0.313. The van der Waals surface area contributed by atoms with E-state index < -0.39 is 10.0 Å². The number of hydrogen-bond acceptors (Lipinski definition) is 3. The van der Waals surface area contributed by atoms with Gasteiger partial charge in [-0.2, -0.15) is 0 Å². The maximum absolute atomic E-state index is 12.0. The number of piperidine rings is 1. The second-order valence-corrected chi connectivity index (χ2v) is 9.16. The molecule has 2 N–H and O–H groups in total. The smallest absolute Gasteiger partial charge is 0.213 e. The van der Waals surface area contributed by atoms with E-state index in [0.29, 0.717) is 13.1 Å². The molecular formula is C20H35IN4O2S. The van der Waals surface area contributed by atoms with Gasteiger partial charge in [0.05, 0.1) is 5.75 Å². The van der Waals surface area contributed by atoms with Crippen molar-refractivity contribution >= 4 is 40.0 Å². The van der Waals surface area contributed by atoms with Crippen LogP contribution in [0.4, 0.5) is 0 Å². The highest BCUT2D eigenvalue weighted by Gasteiger charge is 2.26. The van der Waals surface area contributed by atoms with Gasteiger partial charge in [0, 0.05) is 32.2 Å². The molecule has 0 aromatic heterocycles. The van der Waals surface area contributed by atoms with Crippen molar-refractivity contribution in [2.75, 3.05) is 31.9 Å². The molecule has 0 atom stereocenters. The average molecular weight is 522 g/mol. The monoisotopic (exact) mass is 522 g/mol. The minimum absolute atomic E-state index is 0. The fourth-order valence-corrected chi connectivity index (χ4v) is 4.34. The van der Waals surface area contributed by atoms with Crippen molar-refractivity contribution in [3.05, 3.63) is 35.4 Å². The first-order valence-electron chi connectivity index (χ1n) is 10.1. The van der Waals surface area contributed by atoms with E-state index >= 15 is 0 Å². The maximum Gasteiger partial charge on any atom is 0.213 e. The normalized spacial score (nSPS) is 16.5. The zero-order chi connectivity index (χ0) is 19.7. The number of sulfonamides is 1. The fourth-order valence-electron chi connectivity index (χ4n) is 3.21. The molecule has 2 rings (SSSR count). The Morgan fingerprint density at radius 3 is 2.25 bits per heavy atom. The molecule has 0 saturated carbocycles. The van der Waals surface area contributed by atoms with Crippen LogP contribution < -0.4 is 10.6 Å². The summed E-state index contributed by atoms with van der Waals surface area (Å²) in [6, 6.07) is 8.98. The number of nitrogens with one attached hydrogen (secondary N) is 2. The molecule has 1 aliphatic heterocycles. The average Bonchev–Trinajstić information content (AvgIpc) is 2.69. The first-order chi connectivity index (χ1) is 13.0. The lowest BCUT2D eigenvalue weighted by atomic mass is 10.1. The second kappa shape index (κ2) is 12.6. The molecule has 0 radical (unpaired) electrons. The number of aryl methyl sites for hydroxylation is 1. The Kier molecular flexibility index (Phi) is 11.4. The minimum atomic E-state index is -3.07. The summed E-state index contributed by atoms with van der Waals surface area (Å²) in [6.45, 7) is 8.61. The van der Waals surface area contributed by atoms with Gasteiger partial charge >= 0.3 is 0 Å². The third-order valence-corrected chi connectivity index (χ3v) is 6.88. The highest BCUT2D eigenvalue weighted by molar-refractivity contribution is 14.0. The summed E-state index contributed by atoms with van der Waals surface area (Å²) in [5.41, 5.74) is 2.65. The number of nitrogens with zero attached hydrogens (tertiary/aromatic N) is 2. The number of guanidine groups is 1. The molecular weight excluding hydrogens is 487 g/mol. The number of hydrogen-bond donors (Lipinski definition) is 2. The lowest BCUT2D eigenvalue weighted by Gasteiger charge is -2.32. The van der Waals surface area contributed by atoms with Crippen molar-refractivity contribution in [2.45, 2.75) is 52.5 Å². The standard InChI is InChI=1S/C20H34N4O2S.HI/c1-4-17-7-9-18(10-8-17)11-14-22-20(21-5-2)23-19-12-15-24(16-13-19)27(25,26)6-3;/h7-10,19H,4-6,11-16H2,1-3H3,(H2,21,22,23);1H. The highest BCUT2D eigenvalue weighted by atomic mass is 127. The predicted octanol–water partition coefficient (Wildman–Crippen LogP) is 2.78. The Hall–Kier alpha value is -0.870. The largest absolute Gasteiger partial charge is 0.357 e. The Bertz CT molecular complexity index is 699. The summed E-state index contributed by atoms with van der Waals surface area (Å²) in [5, 5.41) is 6.76. The van der Waals surface area contributed by atoms with Crippen LogP contribution in [0.2, 0.25) is 0 Å². The Balaban J connectivity index is 0.00000392. The molecule has 0 bridgehead atoms. The van der Waals surface area contributed by atoms with Crippen LogP contribution in [0.25, 0.3) is 0 Å². The molecule has 160 valence electrons. The summed E-state index contributed by atoms with van der Waals surface area (Å²) < 4.78 is 25.5. The minimum Gasteiger partial charge on any atom is -0.357 e. The maximum atomic E-state index is 12.0. The van der Waals surface area contributed by atoms with Gasteiger partial charge < -0.3 is 10.6 Å². The zero-order valence-electron chi connectivity index (χ0n) is 17.3. The fraction of sp³-hybridized carbons (Fsp3) is 0.650. The first kappa shape index (κ1) is 25.2. The van der Waals surface area contributed by atoms with Gasteiger partial charge in [0.25, 0.3) is 0 Å². The van der Waals surface area contributed by atoms with E-state index in [1.54, 1.807) is 11.2 Å². The molecule has 0 unspecified atom stereocenters. The molecule has 8 heteroatoms. The van der Waals surface area contributed by atoms with E-state index in [0.717, 1.165) is 44.7 Å². The number of halogens is 1. The van der Waals surface area contributed by atoms with E-state index in [1.165, 1.54) is 11.1 Å². The van der Waals surface area contributed by atoms with Crippen LogP contribution in [-0.4, -0.2) is 56.7 Å². The summed E-state index contributed by atoms with van der Waals surface area (Å²) in [7, 11) is -3.07. The molecule has 1 aliphatic rings. The molecule has 1 aromatic carbocycles. The first-order valence-corrected chi connectivity index (χ1v) is 11.7. The summed E-state index contributed by atoms with van der Waals surface area (Å²) >= 11 is 0. The molecule has 0 spiro atoms. The third-order valence-electron chi connectivity index (χ3n) is 5.00. The van der Waals surface area contributed by atoms with Crippen LogP contribution in [0.15, 0.2) is 29.3 Å². The Labute approximate surface area is 187 Å². The van der Waals surface area contributed by atoms with Gasteiger partial charge in [-0.05, 0) is 50.7 Å². The molecule has 1 heterocycles. The van der Waals surface area contributed by atoms with Crippen molar-refractivity contribution in [1.29, 1.82) is 0 Å². The SMILES string of the molecule is CCNC(=NCCc1ccc(CC)cc1)NC1CCN(S(=O)(=O)CC)CC1.I. The summed E-state index contributed by atoms with van der Waals surface area (Å²) in [6.07, 6.45) is 3.59. The van der Waals surface area contributed by atoms with Gasteiger partial charge in [-0.15, -0.1) is 24.0 Å². The van der Waals surface area contributed by atoms with Crippen molar-refractivity contribution < 1.29 is 8.42 Å². The molecule has 0 aliphatic carbocycles. The zero-order valence-corrected chi connectivity index (χ0v) is 20.4. The van der Waals surface area contributed by atoms with Crippen molar-refractivity contribution in [1.82, 2.24) is 14.9 Å². The van der Waals surface area contributed by atoms with Gasteiger partial charge in [-0.3, -0.25) is 4.99 Å². The molecule has 1 aromatic rings. The van der Waals surface area contributed by atoms with Gasteiger partial charge in [0.2, 0.25) is 10.0 Å². The van der Waals surface area contributed by atoms with E-state index in [9.17, 15) is 8.42 Å². The highest BCUT2D eigenvalue weighted by Crippen LogP contribution is 2.14. The molecule has 1 fully saturated rings. The lowest BCUT2D eigenvalue weighted by molar-refractivity contribution is 0.306. The van der Waals surface area contributed by atoms with Crippen LogP contribution in [0.5, 0.6) is 0 Å². The number of benzene rings is 1. The second-order valence-electron chi connectivity index (χ2n) is 6.90. The van der Waals surface area contributed by atoms with Crippen molar-refractivity contribution in [3.8, 4) is 0 Å². The number of rotatable bonds is 8. The van der Waals surface area contributed by atoms with Gasteiger partial charge in [-0.1, -0.05) is 31.2 Å². The predicted molar refractivity (Wildman–Crippen MR) is 128 cm³/mol. The third kappa shape index (κ3) is 7.87. The van der Waals surface area contributed by atoms with Crippen molar-refractivity contribution in [3.63, 3.8) is 0 Å². The van der Waals surface area contributed by atoms with Gasteiger partial charge in [0.1, 0.15) is 0 Å². The van der Waals surface area contributed by atoms with E-state index in [1.807, 2.05) is 0 Å². The summed E-state index contributed by atoms with van der Waals surface area (Å²) in [5.74, 6) is 0.994. The Morgan fingerprint density at radius 1 is 1.11 bits per heavy atom. The van der Waals surface area contributed by atoms with Crippen LogP contribution in [0, 0.1) is 0 Å². The molecule has 28 heavy (non-hydrogen) atoms. The summed E-state index contributed by atoms with van der Waals surface area (Å²) in [4.78, 5) is 4.69. The van der Waals surface area contributed by atoms with Gasteiger partial charge in [0.15, 0.2) is 5.96 Å². The lowest BCUT2D eigenvalue weighted by Crippen LogP contribution is -2.50. The molecule has 6 nitrogen and oxygen atoms in total. The Morgan fingerprint density at radius 2 is 1.71 bits per heavy atom. The van der Waals surface area contributed by atoms with Crippen LogP contribution in [0.1, 0.15) is 44.7 Å². The molecule has 0 amide bonds. The van der Waals surface area contributed by atoms with E-state index in [4.69, 9.17) is 4.99 Å². The van der Waals surface area contributed by atoms with Crippen LogP contribution >= 0.6 is 24.0 Å². The van der Waals surface area contributed by atoms with Crippen LogP contribution in [-0.2, 0) is 22.9 Å². The topological polar surface area (TPSA) is 73.8 Å². The van der Waals surface area contributed by atoms with Crippen LogP contribution in [0.3, 0.4) is 0 Å². The van der Waals surface area contributed by atoms with E-state index in [2.05, 4.69) is 48.7 Å². The van der Waals surface area contributed by atoms with E-state index in [-0.39, 0.29) is 35.8 Å². The number of aliphatic imine (C=N–C) groups is 1. The molecule has 1 saturated heterocycles. The van der Waals surface area contributed by atoms with Gasteiger partial charge in [-0.25, -0.2) is 12.7 Å². The van der Waals surface area contributed by atoms with Crippen molar-refractivity contribution in [2.24, 2.45) is 4.99 Å².